The molecule has 0 amide bonds. The third kappa shape index (κ3) is 4.69. The van der Waals surface area contributed by atoms with Crippen LogP contribution in [0.15, 0.2) is 180 Å². The normalized spacial score (nSPS) is 12.4. The van der Waals surface area contributed by atoms with Crippen molar-refractivity contribution in [2.45, 2.75) is 23.6 Å². The van der Waals surface area contributed by atoms with Crippen molar-refractivity contribution in [3.8, 4) is 5.69 Å². The second-order valence-corrected chi connectivity index (χ2v) is 14.5. The van der Waals surface area contributed by atoms with Gasteiger partial charge < -0.3 is 14.4 Å². The topological polar surface area (TPSA) is 11.4 Å². The minimum Gasteiger partial charge on any atom is -0.315 e. The number of benzene rings is 7. The molecular formula is C46H34BN3S. The van der Waals surface area contributed by atoms with E-state index in [4.69, 9.17) is 0 Å². The molecule has 242 valence electrons. The van der Waals surface area contributed by atoms with Crippen molar-refractivity contribution in [3.63, 3.8) is 0 Å². The molecule has 1 aromatic heterocycles. The molecule has 3 nitrogen and oxygen atoms in total. The third-order valence-corrected chi connectivity index (χ3v) is 11.8. The number of aromatic nitrogens is 1. The molecular weight excluding hydrogens is 637 g/mol. The van der Waals surface area contributed by atoms with Crippen LogP contribution in [0.25, 0.3) is 16.6 Å². The first-order chi connectivity index (χ1) is 25.2. The van der Waals surface area contributed by atoms with Gasteiger partial charge in [0.15, 0.2) is 0 Å². The number of nitrogens with zero attached hydrogens (tertiary/aromatic N) is 3. The second kappa shape index (κ2) is 11.9. The van der Waals surface area contributed by atoms with Crippen molar-refractivity contribution < 1.29 is 0 Å². The zero-order valence-corrected chi connectivity index (χ0v) is 29.3. The average Bonchev–Trinajstić information content (AvgIpc) is 3.44. The molecule has 0 saturated carbocycles. The number of fused-ring (bicyclic) bond motifs is 4. The van der Waals surface area contributed by atoms with Gasteiger partial charge in [-0.1, -0.05) is 114 Å². The van der Waals surface area contributed by atoms with Crippen LogP contribution < -0.4 is 26.2 Å². The molecule has 0 saturated heterocycles. The molecule has 3 heterocycles. The summed E-state index contributed by atoms with van der Waals surface area (Å²) in [4.78, 5) is 7.35. The van der Waals surface area contributed by atoms with Gasteiger partial charge in [-0.25, -0.2) is 0 Å². The summed E-state index contributed by atoms with van der Waals surface area (Å²) >= 11 is 1.90. The number of hydrogen-bond acceptors (Lipinski definition) is 3. The molecule has 2 aliphatic heterocycles. The van der Waals surface area contributed by atoms with Gasteiger partial charge in [-0.2, -0.15) is 0 Å². The summed E-state index contributed by atoms with van der Waals surface area (Å²) in [6, 6.07) is 61.8. The first-order valence-electron chi connectivity index (χ1n) is 17.6. The lowest BCUT2D eigenvalue weighted by atomic mass is 9.35. The van der Waals surface area contributed by atoms with Crippen molar-refractivity contribution in [2.24, 2.45) is 0 Å². The fourth-order valence-corrected chi connectivity index (χ4v) is 9.49. The lowest BCUT2D eigenvalue weighted by Gasteiger charge is -2.36. The van der Waals surface area contributed by atoms with Crippen molar-refractivity contribution in [1.29, 1.82) is 0 Å². The third-order valence-electron chi connectivity index (χ3n) is 10.6. The minimum absolute atomic E-state index is 0.128. The fourth-order valence-electron chi connectivity index (χ4n) is 8.25. The maximum Gasteiger partial charge on any atom is 0.249 e. The van der Waals surface area contributed by atoms with Gasteiger partial charge in [0.1, 0.15) is 0 Å². The molecule has 0 bridgehead atoms. The van der Waals surface area contributed by atoms with Crippen LogP contribution in [0.4, 0.5) is 34.1 Å². The molecule has 2 aliphatic rings. The van der Waals surface area contributed by atoms with E-state index in [1.807, 2.05) is 11.8 Å². The standard InChI is InChI=1S/C46H34BN3S/c1-31-32(2)48-42-28-38(50(35-20-11-5-12-21-35)36-22-13-6-14-23-36)30-44-45(42)47(41-25-15-24-39(31)46(41)48)40-27-26-37(29-43(40)51-44)49(33-16-7-3-8-17-33)34-18-9-4-10-19-34/h3-30H,1-2H3. The lowest BCUT2D eigenvalue weighted by Crippen LogP contribution is -2.58. The zero-order valence-electron chi connectivity index (χ0n) is 28.5. The number of para-hydroxylation sites is 5. The quantitative estimate of drug-likeness (QED) is 0.163. The highest BCUT2D eigenvalue weighted by molar-refractivity contribution is 8.00. The Labute approximate surface area is 303 Å². The summed E-state index contributed by atoms with van der Waals surface area (Å²) in [6.07, 6.45) is 0. The summed E-state index contributed by atoms with van der Waals surface area (Å²) in [5, 5.41) is 1.33. The van der Waals surface area contributed by atoms with Crippen LogP contribution in [0.2, 0.25) is 0 Å². The van der Waals surface area contributed by atoms with Crippen molar-refractivity contribution >= 4 is 79.9 Å². The van der Waals surface area contributed by atoms with Crippen LogP contribution in [-0.4, -0.2) is 11.3 Å². The maximum atomic E-state index is 2.54. The highest BCUT2D eigenvalue weighted by Gasteiger charge is 2.40. The molecule has 10 rings (SSSR count). The summed E-state index contributed by atoms with van der Waals surface area (Å²) in [5.41, 5.74) is 16.3. The van der Waals surface area contributed by atoms with Gasteiger partial charge in [-0.3, -0.25) is 0 Å². The molecule has 0 spiro atoms. The second-order valence-electron chi connectivity index (χ2n) is 13.4. The number of rotatable bonds is 6. The van der Waals surface area contributed by atoms with Crippen molar-refractivity contribution in [2.75, 3.05) is 9.80 Å². The minimum atomic E-state index is 0.128. The van der Waals surface area contributed by atoms with Crippen LogP contribution in [-0.2, 0) is 0 Å². The van der Waals surface area contributed by atoms with E-state index < -0.39 is 0 Å². The Kier molecular flexibility index (Phi) is 6.97. The van der Waals surface area contributed by atoms with Gasteiger partial charge in [0.05, 0.1) is 0 Å². The van der Waals surface area contributed by atoms with E-state index in [0.29, 0.717) is 0 Å². The highest BCUT2D eigenvalue weighted by Crippen LogP contribution is 2.44. The molecule has 0 radical (unpaired) electrons. The zero-order chi connectivity index (χ0) is 34.1. The number of hydrogen-bond donors (Lipinski definition) is 0. The Morgan fingerprint density at radius 2 is 1.00 bits per heavy atom. The lowest BCUT2D eigenvalue weighted by molar-refractivity contribution is 1.04. The highest BCUT2D eigenvalue weighted by atomic mass is 32.2. The van der Waals surface area contributed by atoms with E-state index in [1.165, 1.54) is 54.0 Å². The molecule has 7 aromatic carbocycles. The smallest absolute Gasteiger partial charge is 0.249 e. The number of anilines is 6. The van der Waals surface area contributed by atoms with Crippen LogP contribution in [0, 0.1) is 13.8 Å². The predicted molar refractivity (Wildman–Crippen MR) is 217 cm³/mol. The largest absolute Gasteiger partial charge is 0.315 e. The molecule has 0 unspecified atom stereocenters. The molecule has 0 atom stereocenters. The Hall–Kier alpha value is -5.91. The van der Waals surface area contributed by atoms with Gasteiger partial charge in [0.25, 0.3) is 0 Å². The monoisotopic (exact) mass is 671 g/mol. The van der Waals surface area contributed by atoms with Crippen molar-refractivity contribution in [1.82, 2.24) is 4.57 Å². The molecule has 0 N–H and O–H groups in total. The first-order valence-corrected chi connectivity index (χ1v) is 18.4. The number of aryl methyl sites for hydroxylation is 1. The fraction of sp³-hybridized carbons (Fsp3) is 0.0435. The van der Waals surface area contributed by atoms with Crippen molar-refractivity contribution in [3.05, 3.63) is 181 Å². The molecule has 8 aromatic rings. The predicted octanol–water partition coefficient (Wildman–Crippen LogP) is 10.5. The van der Waals surface area contributed by atoms with E-state index in [2.05, 4.69) is 198 Å². The summed E-state index contributed by atoms with van der Waals surface area (Å²) in [6.45, 7) is 4.69. The summed E-state index contributed by atoms with van der Waals surface area (Å²) < 4.78 is 2.54. The van der Waals surface area contributed by atoms with Gasteiger partial charge in [0.2, 0.25) is 6.71 Å². The van der Waals surface area contributed by atoms with Crippen LogP contribution in [0.5, 0.6) is 0 Å². The molecule has 0 fully saturated rings. The molecule has 0 aliphatic carbocycles. The van der Waals surface area contributed by atoms with E-state index >= 15 is 0 Å². The van der Waals surface area contributed by atoms with Gasteiger partial charge in [-0.05, 0) is 103 Å². The van der Waals surface area contributed by atoms with Crippen LogP contribution >= 0.6 is 11.8 Å². The van der Waals surface area contributed by atoms with E-state index in [9.17, 15) is 0 Å². The molecule has 51 heavy (non-hydrogen) atoms. The van der Waals surface area contributed by atoms with Gasteiger partial charge in [-0.15, -0.1) is 0 Å². The van der Waals surface area contributed by atoms with Crippen LogP contribution in [0.3, 0.4) is 0 Å². The molecule has 5 heteroatoms. The Morgan fingerprint density at radius 1 is 0.471 bits per heavy atom. The maximum absolute atomic E-state index is 2.54. The Bertz CT molecular complexity index is 2510. The SMILES string of the molecule is Cc1c(C)n2c3c(cccc13)B1c3ccc(N(c4ccccc4)c4ccccc4)cc3Sc3cc(N(c4ccccc4)c4ccccc4)cc-2c31. The Morgan fingerprint density at radius 3 is 1.57 bits per heavy atom. The van der Waals surface area contributed by atoms with E-state index in [0.717, 1.165) is 34.1 Å². The van der Waals surface area contributed by atoms with Gasteiger partial charge >= 0.3 is 0 Å². The van der Waals surface area contributed by atoms with E-state index in [-0.39, 0.29) is 6.71 Å². The van der Waals surface area contributed by atoms with Crippen LogP contribution in [0.1, 0.15) is 11.3 Å². The first kappa shape index (κ1) is 30.0. The van der Waals surface area contributed by atoms with E-state index in [1.54, 1.807) is 0 Å². The summed E-state index contributed by atoms with van der Waals surface area (Å²) in [5.74, 6) is 0. The summed E-state index contributed by atoms with van der Waals surface area (Å²) in [7, 11) is 0. The average molecular weight is 672 g/mol. The Balaban J connectivity index is 1.23. The van der Waals surface area contributed by atoms with Gasteiger partial charge in [0, 0.05) is 66.2 Å².